The average molecular weight is 185 g/mol. The van der Waals surface area contributed by atoms with Crippen LogP contribution in [-0.4, -0.2) is 24.5 Å². The zero-order chi connectivity index (χ0) is 9.84. The van der Waals surface area contributed by atoms with Crippen molar-refractivity contribution in [2.75, 3.05) is 6.61 Å². The van der Waals surface area contributed by atoms with E-state index in [0.717, 1.165) is 12.1 Å². The number of nitrogens with two attached hydrogens (primary N) is 1. The van der Waals surface area contributed by atoms with E-state index in [0.29, 0.717) is 6.61 Å². The molecule has 1 fully saturated rings. The fourth-order valence-corrected chi connectivity index (χ4v) is 1.24. The molecule has 3 N–H and O–H groups in total. The van der Waals surface area contributed by atoms with Crippen LogP contribution in [0.4, 0.5) is 4.79 Å². The summed E-state index contributed by atoms with van der Waals surface area (Å²) in [7, 11) is 0. The van der Waals surface area contributed by atoms with E-state index in [-0.39, 0.29) is 12.0 Å². The lowest BCUT2D eigenvalue weighted by molar-refractivity contribution is 0.0438. The zero-order valence-electron chi connectivity index (χ0n) is 7.91. The molecule has 1 saturated heterocycles. The highest BCUT2D eigenvalue weighted by Gasteiger charge is 2.21. The minimum atomic E-state index is -0.626. The second kappa shape index (κ2) is 4.23. The van der Waals surface area contributed by atoms with Gasteiger partial charge in [-0.15, -0.1) is 0 Å². The van der Waals surface area contributed by atoms with Gasteiger partial charge in [-0.3, -0.25) is 0 Å². The first-order chi connectivity index (χ1) is 6.09. The minimum Gasteiger partial charge on any atom is -0.377 e. The monoisotopic (exact) mass is 185 g/mol. The third kappa shape index (κ3) is 3.02. The van der Waals surface area contributed by atoms with Crippen LogP contribution in [0.2, 0.25) is 0 Å². The van der Waals surface area contributed by atoms with Crippen molar-refractivity contribution in [1.82, 2.24) is 5.43 Å². The predicted octanol–water partition coefficient (Wildman–Crippen LogP) is 0.456. The van der Waals surface area contributed by atoms with E-state index in [9.17, 15) is 4.79 Å². The lowest BCUT2D eigenvalue weighted by Gasteiger charge is -2.25. The fraction of sp³-hybridized carbons (Fsp3) is 0.750. The maximum absolute atomic E-state index is 10.4. The molecule has 2 amide bonds. The SMILES string of the molecule is CC1C/C(=N\NC(N)=O)C(C)CO1. The summed E-state index contributed by atoms with van der Waals surface area (Å²) in [5.41, 5.74) is 8.08. The maximum Gasteiger partial charge on any atom is 0.332 e. The molecule has 0 aromatic rings. The molecule has 0 aliphatic carbocycles. The Kier molecular flexibility index (Phi) is 3.25. The number of carbonyl (C=O) groups excluding carboxylic acids is 1. The molecule has 0 aromatic carbocycles. The smallest absolute Gasteiger partial charge is 0.332 e. The second-order valence-electron chi connectivity index (χ2n) is 3.33. The molecule has 74 valence electrons. The number of urea groups is 1. The zero-order valence-corrected chi connectivity index (χ0v) is 7.91. The third-order valence-corrected chi connectivity index (χ3v) is 2.01. The Hall–Kier alpha value is -1.10. The van der Waals surface area contributed by atoms with Crippen LogP contribution in [0, 0.1) is 5.92 Å². The summed E-state index contributed by atoms with van der Waals surface area (Å²) in [6, 6.07) is -0.626. The molecule has 5 heteroatoms. The van der Waals surface area contributed by atoms with Crippen LogP contribution >= 0.6 is 0 Å². The summed E-state index contributed by atoms with van der Waals surface area (Å²) < 4.78 is 5.40. The number of ether oxygens (including phenoxy) is 1. The Balaban J connectivity index is 2.54. The van der Waals surface area contributed by atoms with Crippen molar-refractivity contribution in [3.8, 4) is 0 Å². The van der Waals surface area contributed by atoms with Gasteiger partial charge in [0, 0.05) is 18.1 Å². The molecular weight excluding hydrogens is 170 g/mol. The first-order valence-corrected chi connectivity index (χ1v) is 4.33. The molecule has 2 atom stereocenters. The van der Waals surface area contributed by atoms with E-state index in [1.807, 2.05) is 13.8 Å². The summed E-state index contributed by atoms with van der Waals surface area (Å²) in [6.07, 6.45) is 0.922. The molecule has 0 aromatic heterocycles. The van der Waals surface area contributed by atoms with E-state index >= 15 is 0 Å². The van der Waals surface area contributed by atoms with Gasteiger partial charge >= 0.3 is 6.03 Å². The Labute approximate surface area is 77.3 Å². The summed E-state index contributed by atoms with van der Waals surface area (Å²) in [5, 5.41) is 3.93. The van der Waals surface area contributed by atoms with Gasteiger partial charge in [-0.2, -0.15) is 5.10 Å². The Morgan fingerprint density at radius 2 is 2.38 bits per heavy atom. The molecule has 13 heavy (non-hydrogen) atoms. The molecule has 0 radical (unpaired) electrons. The molecule has 1 rings (SSSR count). The molecular formula is C8H15N3O2. The van der Waals surface area contributed by atoms with E-state index in [2.05, 4.69) is 10.5 Å². The first kappa shape index (κ1) is 9.98. The standard InChI is InChI=1S/C8H15N3O2/c1-5-4-13-6(2)3-7(5)10-11-8(9)12/h5-6H,3-4H2,1-2H3,(H3,9,11,12)/b10-7+. The van der Waals surface area contributed by atoms with Gasteiger partial charge in [-0.05, 0) is 6.92 Å². The molecule has 0 spiro atoms. The number of primary amides is 1. The topological polar surface area (TPSA) is 76.7 Å². The van der Waals surface area contributed by atoms with Crippen molar-refractivity contribution in [3.63, 3.8) is 0 Å². The molecule has 1 aliphatic rings. The van der Waals surface area contributed by atoms with Crippen molar-refractivity contribution >= 4 is 11.7 Å². The number of rotatable bonds is 1. The Morgan fingerprint density at radius 3 is 3.00 bits per heavy atom. The maximum atomic E-state index is 10.4. The van der Waals surface area contributed by atoms with Crippen LogP contribution in [0.25, 0.3) is 0 Å². The van der Waals surface area contributed by atoms with E-state index in [1.54, 1.807) is 0 Å². The number of nitrogens with one attached hydrogen (secondary N) is 1. The van der Waals surface area contributed by atoms with Crippen molar-refractivity contribution in [3.05, 3.63) is 0 Å². The van der Waals surface area contributed by atoms with Crippen LogP contribution in [0.3, 0.4) is 0 Å². The largest absolute Gasteiger partial charge is 0.377 e. The van der Waals surface area contributed by atoms with Gasteiger partial charge in [-0.1, -0.05) is 6.92 Å². The molecule has 1 heterocycles. The number of amides is 2. The highest BCUT2D eigenvalue weighted by molar-refractivity contribution is 5.88. The van der Waals surface area contributed by atoms with Gasteiger partial charge in [0.1, 0.15) is 0 Å². The summed E-state index contributed by atoms with van der Waals surface area (Å²) in [5.74, 6) is 0.253. The van der Waals surface area contributed by atoms with Gasteiger partial charge in [0.05, 0.1) is 12.7 Å². The van der Waals surface area contributed by atoms with E-state index in [1.165, 1.54) is 0 Å². The summed E-state index contributed by atoms with van der Waals surface area (Å²) in [4.78, 5) is 10.4. The molecule has 0 saturated carbocycles. The lowest BCUT2D eigenvalue weighted by Crippen LogP contribution is -2.34. The number of hydrogen-bond acceptors (Lipinski definition) is 3. The molecule has 5 nitrogen and oxygen atoms in total. The second-order valence-corrected chi connectivity index (χ2v) is 3.33. The van der Waals surface area contributed by atoms with Gasteiger partial charge in [0.2, 0.25) is 0 Å². The summed E-state index contributed by atoms with van der Waals surface area (Å²) in [6.45, 7) is 4.64. The first-order valence-electron chi connectivity index (χ1n) is 4.33. The molecule has 2 unspecified atom stereocenters. The van der Waals surface area contributed by atoms with Crippen LogP contribution in [0.5, 0.6) is 0 Å². The highest BCUT2D eigenvalue weighted by Crippen LogP contribution is 2.15. The normalized spacial score (nSPS) is 31.7. The van der Waals surface area contributed by atoms with Crippen molar-refractivity contribution < 1.29 is 9.53 Å². The van der Waals surface area contributed by atoms with Crippen LogP contribution in [-0.2, 0) is 4.74 Å². The Morgan fingerprint density at radius 1 is 1.69 bits per heavy atom. The number of nitrogens with zero attached hydrogens (tertiary/aromatic N) is 1. The van der Waals surface area contributed by atoms with Gasteiger partial charge in [0.25, 0.3) is 0 Å². The van der Waals surface area contributed by atoms with Crippen LogP contribution in [0.15, 0.2) is 5.10 Å². The molecule has 0 bridgehead atoms. The van der Waals surface area contributed by atoms with Gasteiger partial charge < -0.3 is 10.5 Å². The van der Waals surface area contributed by atoms with E-state index in [4.69, 9.17) is 10.5 Å². The highest BCUT2D eigenvalue weighted by atomic mass is 16.5. The predicted molar refractivity (Wildman–Crippen MR) is 49.3 cm³/mol. The average Bonchev–Trinajstić information content (AvgIpc) is 2.06. The van der Waals surface area contributed by atoms with Crippen molar-refractivity contribution in [2.24, 2.45) is 16.8 Å². The van der Waals surface area contributed by atoms with Crippen LogP contribution < -0.4 is 11.2 Å². The number of carbonyl (C=O) groups is 1. The van der Waals surface area contributed by atoms with Gasteiger partial charge in [-0.25, -0.2) is 10.2 Å². The van der Waals surface area contributed by atoms with Crippen LogP contribution in [0.1, 0.15) is 20.3 Å². The fourth-order valence-electron chi connectivity index (χ4n) is 1.24. The molecule has 1 aliphatic heterocycles. The Bertz CT molecular complexity index is 227. The van der Waals surface area contributed by atoms with Gasteiger partial charge in [0.15, 0.2) is 0 Å². The number of hydrazone groups is 1. The third-order valence-electron chi connectivity index (χ3n) is 2.01. The summed E-state index contributed by atoms with van der Waals surface area (Å²) >= 11 is 0. The number of hydrogen-bond donors (Lipinski definition) is 2. The lowest BCUT2D eigenvalue weighted by atomic mass is 9.98. The van der Waals surface area contributed by atoms with Crippen molar-refractivity contribution in [2.45, 2.75) is 26.4 Å². The van der Waals surface area contributed by atoms with Crippen molar-refractivity contribution in [1.29, 1.82) is 0 Å². The quantitative estimate of drug-likeness (QED) is 0.582. The minimum absolute atomic E-state index is 0.171. The van der Waals surface area contributed by atoms with E-state index < -0.39 is 6.03 Å².